The molecule has 1 aliphatic carbocycles. The SMILES string of the molecule is CCOC(=O)c1c(NC(=O)CSc2cn(Cc3ccc(Cl)cc3)c3ccccc23)sc2c1CCC2. The summed E-state index contributed by atoms with van der Waals surface area (Å²) in [5.41, 5.74) is 3.86. The number of nitrogens with zero attached hydrogens (tertiary/aromatic N) is 1. The van der Waals surface area contributed by atoms with E-state index in [1.807, 2.05) is 36.4 Å². The van der Waals surface area contributed by atoms with Crippen LogP contribution in [-0.2, 0) is 28.9 Å². The van der Waals surface area contributed by atoms with Crippen molar-refractivity contribution in [3.63, 3.8) is 0 Å². The Balaban J connectivity index is 1.32. The number of thiophene rings is 1. The maximum Gasteiger partial charge on any atom is 0.341 e. The van der Waals surface area contributed by atoms with E-state index in [0.29, 0.717) is 23.7 Å². The Kier molecular flexibility index (Phi) is 7.18. The van der Waals surface area contributed by atoms with Gasteiger partial charge in [0.15, 0.2) is 0 Å². The van der Waals surface area contributed by atoms with Gasteiger partial charge in [0.25, 0.3) is 0 Å². The van der Waals surface area contributed by atoms with Gasteiger partial charge in [-0.15, -0.1) is 23.1 Å². The van der Waals surface area contributed by atoms with Crippen molar-refractivity contribution in [2.24, 2.45) is 0 Å². The highest BCUT2D eigenvalue weighted by Crippen LogP contribution is 2.40. The van der Waals surface area contributed by atoms with Crippen molar-refractivity contribution >= 4 is 62.5 Å². The molecule has 4 aromatic rings. The Hall–Kier alpha value is -2.74. The molecule has 180 valence electrons. The number of amides is 1. The van der Waals surface area contributed by atoms with Gasteiger partial charge >= 0.3 is 5.97 Å². The van der Waals surface area contributed by atoms with Crippen molar-refractivity contribution in [1.29, 1.82) is 0 Å². The molecule has 1 aliphatic rings. The first-order chi connectivity index (χ1) is 17.0. The van der Waals surface area contributed by atoms with E-state index in [0.717, 1.165) is 51.2 Å². The van der Waals surface area contributed by atoms with Gasteiger partial charge in [0.2, 0.25) is 5.91 Å². The third-order valence-corrected chi connectivity index (χ3v) is 8.53. The van der Waals surface area contributed by atoms with Crippen LogP contribution in [0.25, 0.3) is 10.9 Å². The van der Waals surface area contributed by atoms with E-state index < -0.39 is 0 Å². The Labute approximate surface area is 217 Å². The highest BCUT2D eigenvalue weighted by atomic mass is 35.5. The van der Waals surface area contributed by atoms with Gasteiger partial charge in [-0.25, -0.2) is 4.79 Å². The number of nitrogens with one attached hydrogen (secondary N) is 1. The summed E-state index contributed by atoms with van der Waals surface area (Å²) in [4.78, 5) is 27.7. The first kappa shape index (κ1) is 24.0. The summed E-state index contributed by atoms with van der Waals surface area (Å²) in [6.45, 7) is 2.82. The second-order valence-electron chi connectivity index (χ2n) is 8.38. The number of anilines is 1. The maximum atomic E-state index is 12.9. The van der Waals surface area contributed by atoms with Crippen LogP contribution >= 0.6 is 34.7 Å². The van der Waals surface area contributed by atoms with Crippen LogP contribution in [0.4, 0.5) is 5.00 Å². The van der Waals surface area contributed by atoms with Crippen molar-refractivity contribution in [3.05, 3.63) is 81.3 Å². The minimum absolute atomic E-state index is 0.130. The molecule has 0 saturated heterocycles. The van der Waals surface area contributed by atoms with Gasteiger partial charge in [0, 0.05) is 38.4 Å². The number of halogens is 1. The number of aromatic nitrogens is 1. The van der Waals surface area contributed by atoms with Gasteiger partial charge < -0.3 is 14.6 Å². The van der Waals surface area contributed by atoms with E-state index in [-0.39, 0.29) is 17.6 Å². The normalized spacial score (nSPS) is 12.6. The number of ether oxygens (including phenoxy) is 1. The lowest BCUT2D eigenvalue weighted by Crippen LogP contribution is -2.16. The maximum absolute atomic E-state index is 12.9. The fourth-order valence-corrected chi connectivity index (χ4v) is 6.77. The Bertz CT molecular complexity index is 1390. The minimum atomic E-state index is -0.347. The third kappa shape index (κ3) is 5.13. The second-order valence-corrected chi connectivity index (χ2v) is 10.9. The summed E-state index contributed by atoms with van der Waals surface area (Å²) in [5, 5.41) is 5.43. The van der Waals surface area contributed by atoms with E-state index >= 15 is 0 Å². The van der Waals surface area contributed by atoms with Crippen LogP contribution in [0.15, 0.2) is 59.6 Å². The molecule has 2 aromatic heterocycles. The summed E-state index contributed by atoms with van der Waals surface area (Å²) >= 11 is 9.04. The van der Waals surface area contributed by atoms with Crippen LogP contribution in [0.3, 0.4) is 0 Å². The summed E-state index contributed by atoms with van der Waals surface area (Å²) < 4.78 is 7.47. The number of fused-ring (bicyclic) bond motifs is 2. The van der Waals surface area contributed by atoms with Crippen LogP contribution in [0.2, 0.25) is 5.02 Å². The van der Waals surface area contributed by atoms with E-state index in [9.17, 15) is 9.59 Å². The smallest absolute Gasteiger partial charge is 0.341 e. The van der Waals surface area contributed by atoms with Crippen LogP contribution in [0.1, 0.15) is 39.7 Å². The average molecular weight is 525 g/mol. The van der Waals surface area contributed by atoms with Crippen LogP contribution in [0, 0.1) is 0 Å². The lowest BCUT2D eigenvalue weighted by Gasteiger charge is -2.08. The van der Waals surface area contributed by atoms with Crippen molar-refractivity contribution in [1.82, 2.24) is 4.57 Å². The van der Waals surface area contributed by atoms with Gasteiger partial charge in [-0.2, -0.15) is 0 Å². The number of benzene rings is 2. The minimum Gasteiger partial charge on any atom is -0.462 e. The van der Waals surface area contributed by atoms with E-state index in [4.69, 9.17) is 16.3 Å². The molecule has 0 aliphatic heterocycles. The molecule has 0 unspecified atom stereocenters. The quantitative estimate of drug-likeness (QED) is 0.203. The molecule has 1 amide bonds. The third-order valence-electron chi connectivity index (χ3n) is 6.03. The van der Waals surface area contributed by atoms with Gasteiger partial charge in [0.1, 0.15) is 5.00 Å². The number of para-hydroxylation sites is 1. The molecule has 2 aromatic carbocycles. The van der Waals surface area contributed by atoms with Crippen LogP contribution < -0.4 is 5.32 Å². The first-order valence-electron chi connectivity index (χ1n) is 11.6. The molecular formula is C27H25ClN2O3S2. The lowest BCUT2D eigenvalue weighted by molar-refractivity contribution is -0.113. The van der Waals surface area contributed by atoms with Gasteiger partial charge in [-0.05, 0) is 55.5 Å². The Morgan fingerprint density at radius 1 is 1.14 bits per heavy atom. The fraction of sp³-hybridized carbons (Fsp3) is 0.259. The zero-order chi connectivity index (χ0) is 24.4. The summed E-state index contributed by atoms with van der Waals surface area (Å²) in [5.74, 6) is -0.227. The molecule has 0 fully saturated rings. The molecule has 0 radical (unpaired) electrons. The van der Waals surface area contributed by atoms with Gasteiger partial charge in [-0.1, -0.05) is 41.9 Å². The number of thioether (sulfide) groups is 1. The number of carbonyl (C=O) groups excluding carboxylic acids is 2. The lowest BCUT2D eigenvalue weighted by atomic mass is 10.1. The number of hydrogen-bond acceptors (Lipinski definition) is 5. The topological polar surface area (TPSA) is 60.3 Å². The molecule has 0 saturated carbocycles. The predicted molar refractivity (Wildman–Crippen MR) is 144 cm³/mol. The highest BCUT2D eigenvalue weighted by molar-refractivity contribution is 8.00. The zero-order valence-corrected chi connectivity index (χ0v) is 21.7. The number of esters is 1. The highest BCUT2D eigenvalue weighted by Gasteiger charge is 2.28. The fourth-order valence-electron chi connectivity index (χ4n) is 4.46. The predicted octanol–water partition coefficient (Wildman–Crippen LogP) is 6.80. The largest absolute Gasteiger partial charge is 0.462 e. The summed E-state index contributed by atoms with van der Waals surface area (Å²) in [6, 6.07) is 16.0. The number of aryl methyl sites for hydroxylation is 1. The van der Waals surface area contributed by atoms with Crippen LogP contribution in [-0.4, -0.2) is 28.8 Å². The second kappa shape index (κ2) is 10.5. The average Bonchev–Trinajstić information content (AvgIpc) is 3.53. The molecule has 0 bridgehead atoms. The van der Waals surface area contributed by atoms with Gasteiger partial charge in [-0.3, -0.25) is 4.79 Å². The molecule has 8 heteroatoms. The summed E-state index contributed by atoms with van der Waals surface area (Å²) in [6.07, 6.45) is 4.94. The van der Waals surface area contributed by atoms with Crippen molar-refractivity contribution in [2.75, 3.05) is 17.7 Å². The van der Waals surface area contributed by atoms with E-state index in [1.54, 1.807) is 6.92 Å². The molecule has 35 heavy (non-hydrogen) atoms. The molecule has 5 rings (SSSR count). The van der Waals surface area contributed by atoms with E-state index in [1.165, 1.54) is 28.0 Å². The molecular weight excluding hydrogens is 500 g/mol. The van der Waals surface area contributed by atoms with Crippen molar-refractivity contribution < 1.29 is 14.3 Å². The molecule has 0 atom stereocenters. The van der Waals surface area contributed by atoms with Crippen molar-refractivity contribution in [3.8, 4) is 0 Å². The summed E-state index contributed by atoms with van der Waals surface area (Å²) in [7, 11) is 0. The van der Waals surface area contributed by atoms with Crippen molar-refractivity contribution in [2.45, 2.75) is 37.6 Å². The zero-order valence-electron chi connectivity index (χ0n) is 19.3. The molecule has 2 heterocycles. The first-order valence-corrected chi connectivity index (χ1v) is 13.8. The number of carbonyl (C=O) groups is 2. The Morgan fingerprint density at radius 3 is 2.74 bits per heavy atom. The number of rotatable bonds is 8. The molecule has 0 spiro atoms. The van der Waals surface area contributed by atoms with Crippen LogP contribution in [0.5, 0.6) is 0 Å². The Morgan fingerprint density at radius 2 is 1.94 bits per heavy atom. The van der Waals surface area contributed by atoms with Gasteiger partial charge in [0.05, 0.1) is 17.9 Å². The standard InChI is InChI=1S/C27H25ClN2O3S2/c1-2-33-27(32)25-20-7-5-9-22(20)35-26(25)29-24(31)16-34-23-15-30(21-8-4-3-6-19(21)23)14-17-10-12-18(28)13-11-17/h3-4,6,8,10-13,15H,2,5,7,9,14,16H2,1H3,(H,29,31). The monoisotopic (exact) mass is 524 g/mol. The molecule has 5 nitrogen and oxygen atoms in total. The molecule has 1 N–H and O–H groups in total. The number of hydrogen-bond donors (Lipinski definition) is 1. The van der Waals surface area contributed by atoms with E-state index in [2.05, 4.69) is 28.2 Å².